The van der Waals surface area contributed by atoms with Crippen LogP contribution >= 0.6 is 0 Å². The number of hydrogen-bond acceptors (Lipinski definition) is 4. The lowest BCUT2D eigenvalue weighted by molar-refractivity contribution is 0.230. The molecule has 2 fully saturated rings. The molecule has 0 amide bonds. The molecule has 0 aromatic heterocycles. The molecule has 2 aliphatic rings. The Hall–Kier alpha value is -0.160. The summed E-state index contributed by atoms with van der Waals surface area (Å²) < 4.78 is 0. The minimum atomic E-state index is -0.262. The van der Waals surface area contributed by atoms with Crippen LogP contribution in [0, 0.1) is 17.8 Å². The Kier molecular flexibility index (Phi) is 1.88. The summed E-state index contributed by atoms with van der Waals surface area (Å²) in [6.07, 6.45) is 1.94. The Labute approximate surface area is 72.6 Å². The van der Waals surface area contributed by atoms with Crippen LogP contribution in [0.1, 0.15) is 12.8 Å². The van der Waals surface area contributed by atoms with Crippen molar-refractivity contribution in [2.45, 2.75) is 31.1 Å². The van der Waals surface area contributed by atoms with Crippen LogP contribution in [0.25, 0.3) is 0 Å². The standard InChI is InChI=1S/C8H18N4/c9-5-2-3-1-4(5)7(10)6(3)8(11)12/h3-8H,1-2,9-12H2. The van der Waals surface area contributed by atoms with Crippen LogP contribution in [0.15, 0.2) is 0 Å². The van der Waals surface area contributed by atoms with Crippen LogP contribution in [0.2, 0.25) is 0 Å². The summed E-state index contributed by atoms with van der Waals surface area (Å²) in [5.74, 6) is 1.35. The van der Waals surface area contributed by atoms with Crippen molar-refractivity contribution in [2.24, 2.45) is 40.7 Å². The fourth-order valence-corrected chi connectivity index (χ4v) is 3.07. The predicted molar refractivity (Wildman–Crippen MR) is 47.8 cm³/mol. The highest BCUT2D eigenvalue weighted by atomic mass is 14.9. The third kappa shape index (κ3) is 0.992. The van der Waals surface area contributed by atoms with Crippen LogP contribution in [0.5, 0.6) is 0 Å². The van der Waals surface area contributed by atoms with E-state index < -0.39 is 0 Å². The maximum Gasteiger partial charge on any atom is 0.0567 e. The number of rotatable bonds is 1. The Balaban J connectivity index is 2.13. The molecule has 0 aromatic carbocycles. The van der Waals surface area contributed by atoms with Crippen LogP contribution in [0.3, 0.4) is 0 Å². The first-order valence-electron chi connectivity index (χ1n) is 4.63. The number of fused-ring (bicyclic) bond motifs is 2. The first-order chi connectivity index (χ1) is 5.61. The minimum Gasteiger partial charge on any atom is -0.327 e. The fraction of sp³-hybridized carbons (Fsp3) is 1.00. The van der Waals surface area contributed by atoms with Crippen molar-refractivity contribution in [3.05, 3.63) is 0 Å². The van der Waals surface area contributed by atoms with Crippen molar-refractivity contribution in [2.75, 3.05) is 0 Å². The summed E-state index contributed by atoms with van der Waals surface area (Å²) >= 11 is 0. The van der Waals surface area contributed by atoms with E-state index in [2.05, 4.69) is 0 Å². The summed E-state index contributed by atoms with van der Waals surface area (Å²) in [5.41, 5.74) is 23.3. The van der Waals surface area contributed by atoms with Gasteiger partial charge in [0.05, 0.1) is 6.17 Å². The van der Waals surface area contributed by atoms with Crippen LogP contribution in [0.4, 0.5) is 0 Å². The highest BCUT2D eigenvalue weighted by Gasteiger charge is 2.51. The zero-order valence-electron chi connectivity index (χ0n) is 7.19. The van der Waals surface area contributed by atoms with Crippen LogP contribution in [-0.2, 0) is 0 Å². The third-order valence-electron chi connectivity index (χ3n) is 3.63. The SMILES string of the molecule is NC(N)C1C2CC(N)C(C2)C1N. The molecule has 12 heavy (non-hydrogen) atoms. The molecule has 70 valence electrons. The smallest absolute Gasteiger partial charge is 0.0567 e. The van der Waals surface area contributed by atoms with Crippen molar-refractivity contribution >= 4 is 0 Å². The predicted octanol–water partition coefficient (Wildman–Crippen LogP) is -1.46. The topological polar surface area (TPSA) is 104 Å². The van der Waals surface area contributed by atoms with Gasteiger partial charge < -0.3 is 22.9 Å². The van der Waals surface area contributed by atoms with Crippen molar-refractivity contribution in [1.82, 2.24) is 0 Å². The lowest BCUT2D eigenvalue weighted by atomic mass is 9.81. The molecule has 2 aliphatic carbocycles. The van der Waals surface area contributed by atoms with Gasteiger partial charge in [0, 0.05) is 18.0 Å². The monoisotopic (exact) mass is 170 g/mol. The Morgan fingerprint density at radius 1 is 1.08 bits per heavy atom. The van der Waals surface area contributed by atoms with Gasteiger partial charge in [0.15, 0.2) is 0 Å². The van der Waals surface area contributed by atoms with E-state index in [0.29, 0.717) is 23.8 Å². The van der Waals surface area contributed by atoms with Crippen molar-refractivity contribution in [1.29, 1.82) is 0 Å². The van der Waals surface area contributed by atoms with Crippen molar-refractivity contribution in [3.8, 4) is 0 Å². The van der Waals surface area contributed by atoms with E-state index in [0.717, 1.165) is 12.8 Å². The third-order valence-corrected chi connectivity index (χ3v) is 3.63. The molecule has 8 N–H and O–H groups in total. The van der Waals surface area contributed by atoms with Crippen molar-refractivity contribution < 1.29 is 0 Å². The molecule has 0 radical (unpaired) electrons. The van der Waals surface area contributed by atoms with Crippen molar-refractivity contribution in [3.63, 3.8) is 0 Å². The van der Waals surface area contributed by atoms with Crippen LogP contribution in [-0.4, -0.2) is 18.2 Å². The molecule has 0 aromatic rings. The molecule has 0 spiro atoms. The van der Waals surface area contributed by atoms with Gasteiger partial charge in [0.2, 0.25) is 0 Å². The Morgan fingerprint density at radius 2 is 1.75 bits per heavy atom. The van der Waals surface area contributed by atoms with Gasteiger partial charge in [0.25, 0.3) is 0 Å². The zero-order chi connectivity index (χ0) is 8.88. The van der Waals surface area contributed by atoms with Gasteiger partial charge in [-0.3, -0.25) is 0 Å². The maximum atomic E-state index is 6.02. The second-order valence-corrected chi connectivity index (χ2v) is 4.29. The normalized spacial score (nSPS) is 52.2. The highest BCUT2D eigenvalue weighted by Crippen LogP contribution is 2.47. The second-order valence-electron chi connectivity index (χ2n) is 4.29. The fourth-order valence-electron chi connectivity index (χ4n) is 3.07. The first-order valence-corrected chi connectivity index (χ1v) is 4.63. The lowest BCUT2D eigenvalue weighted by Gasteiger charge is -2.33. The van der Waals surface area contributed by atoms with E-state index in [9.17, 15) is 0 Å². The second kappa shape index (κ2) is 2.67. The average molecular weight is 170 g/mol. The molecule has 0 saturated heterocycles. The molecule has 2 rings (SSSR count). The van der Waals surface area contributed by atoms with Gasteiger partial charge in [-0.25, -0.2) is 0 Å². The Morgan fingerprint density at radius 3 is 2.17 bits per heavy atom. The summed E-state index contributed by atoms with van der Waals surface area (Å²) in [6, 6.07) is 0.429. The molecule has 2 bridgehead atoms. The summed E-state index contributed by atoms with van der Waals surface area (Å²) in [4.78, 5) is 0. The molecular weight excluding hydrogens is 152 g/mol. The van der Waals surface area contributed by atoms with Gasteiger partial charge in [0.1, 0.15) is 0 Å². The van der Waals surface area contributed by atoms with E-state index in [4.69, 9.17) is 22.9 Å². The molecule has 2 saturated carbocycles. The summed E-state index contributed by atoms with van der Waals surface area (Å²) in [6.45, 7) is 0. The quantitative estimate of drug-likeness (QED) is 0.361. The number of nitrogens with two attached hydrogens (primary N) is 4. The summed E-state index contributed by atoms with van der Waals surface area (Å²) in [5, 5.41) is 0. The van der Waals surface area contributed by atoms with E-state index in [1.165, 1.54) is 0 Å². The molecule has 4 nitrogen and oxygen atoms in total. The largest absolute Gasteiger partial charge is 0.327 e. The molecule has 5 unspecified atom stereocenters. The van der Waals surface area contributed by atoms with Gasteiger partial charge in [-0.05, 0) is 24.7 Å². The summed E-state index contributed by atoms with van der Waals surface area (Å²) in [7, 11) is 0. The van der Waals surface area contributed by atoms with Gasteiger partial charge >= 0.3 is 0 Å². The zero-order valence-corrected chi connectivity index (χ0v) is 7.19. The first kappa shape index (κ1) is 8.44. The lowest BCUT2D eigenvalue weighted by Crippen LogP contribution is -2.54. The Bertz CT molecular complexity index is 180. The van der Waals surface area contributed by atoms with Gasteiger partial charge in [-0.15, -0.1) is 0 Å². The van der Waals surface area contributed by atoms with E-state index in [1.807, 2.05) is 0 Å². The molecule has 4 heteroatoms. The molecule has 0 aliphatic heterocycles. The highest BCUT2D eigenvalue weighted by molar-refractivity contribution is 5.06. The van der Waals surface area contributed by atoms with E-state index in [1.54, 1.807) is 0 Å². The van der Waals surface area contributed by atoms with E-state index >= 15 is 0 Å². The van der Waals surface area contributed by atoms with Gasteiger partial charge in [-0.1, -0.05) is 0 Å². The van der Waals surface area contributed by atoms with Gasteiger partial charge in [-0.2, -0.15) is 0 Å². The average Bonchev–Trinajstić information content (AvgIpc) is 2.42. The minimum absolute atomic E-state index is 0.138. The van der Waals surface area contributed by atoms with Crippen LogP contribution < -0.4 is 22.9 Å². The molecule has 0 heterocycles. The molecular formula is C8H18N4. The maximum absolute atomic E-state index is 6.02. The number of hydrogen-bond donors (Lipinski definition) is 4. The molecule has 5 atom stereocenters. The van der Waals surface area contributed by atoms with E-state index in [-0.39, 0.29) is 12.2 Å².